The number of hydrogen-bond donors (Lipinski definition) is 0. The van der Waals surface area contributed by atoms with Crippen LogP contribution < -0.4 is 0 Å². The molecule has 0 fully saturated rings. The molecule has 0 radical (unpaired) electrons. The molecule has 0 rings (SSSR count). The smallest absolute Gasteiger partial charge is 0.306 e. The van der Waals surface area contributed by atoms with Crippen molar-refractivity contribution in [3.63, 3.8) is 0 Å². The molecular formula is C55H100O6. The predicted molar refractivity (Wildman–Crippen MR) is 261 cm³/mol. The summed E-state index contributed by atoms with van der Waals surface area (Å²) in [5, 5.41) is 0. The van der Waals surface area contributed by atoms with Crippen LogP contribution in [0.2, 0.25) is 0 Å². The lowest BCUT2D eigenvalue weighted by atomic mass is 10.1. The van der Waals surface area contributed by atoms with Gasteiger partial charge in [0, 0.05) is 19.3 Å². The van der Waals surface area contributed by atoms with E-state index in [0.717, 1.165) is 77.0 Å². The third kappa shape index (κ3) is 48.5. The number of rotatable bonds is 48. The highest BCUT2D eigenvalue weighted by Gasteiger charge is 2.19. The molecule has 0 saturated carbocycles. The minimum Gasteiger partial charge on any atom is -0.462 e. The van der Waals surface area contributed by atoms with E-state index in [9.17, 15) is 14.4 Å². The van der Waals surface area contributed by atoms with Crippen molar-refractivity contribution in [1.29, 1.82) is 0 Å². The topological polar surface area (TPSA) is 78.9 Å². The lowest BCUT2D eigenvalue weighted by molar-refractivity contribution is -0.167. The van der Waals surface area contributed by atoms with Crippen LogP contribution >= 0.6 is 0 Å². The molecule has 0 bridgehead atoms. The second-order valence-corrected chi connectivity index (χ2v) is 17.8. The van der Waals surface area contributed by atoms with Crippen molar-refractivity contribution in [1.82, 2.24) is 0 Å². The van der Waals surface area contributed by atoms with Gasteiger partial charge >= 0.3 is 17.9 Å². The van der Waals surface area contributed by atoms with E-state index in [-0.39, 0.29) is 31.1 Å². The van der Waals surface area contributed by atoms with Gasteiger partial charge in [-0.2, -0.15) is 0 Å². The molecule has 6 nitrogen and oxygen atoms in total. The minimum absolute atomic E-state index is 0.0789. The van der Waals surface area contributed by atoms with Crippen molar-refractivity contribution in [3.8, 4) is 0 Å². The van der Waals surface area contributed by atoms with Gasteiger partial charge in [-0.15, -0.1) is 0 Å². The number of allylic oxidation sites excluding steroid dienone is 6. The van der Waals surface area contributed by atoms with Crippen LogP contribution in [-0.2, 0) is 28.6 Å². The van der Waals surface area contributed by atoms with Gasteiger partial charge in [-0.1, -0.05) is 198 Å². The Morgan fingerprint density at radius 2 is 0.541 bits per heavy atom. The van der Waals surface area contributed by atoms with E-state index in [1.165, 1.54) is 161 Å². The van der Waals surface area contributed by atoms with Crippen molar-refractivity contribution >= 4 is 17.9 Å². The molecule has 0 aliphatic heterocycles. The molecule has 0 aromatic carbocycles. The Morgan fingerprint density at radius 3 is 0.852 bits per heavy atom. The summed E-state index contributed by atoms with van der Waals surface area (Å²) in [7, 11) is 0. The zero-order chi connectivity index (χ0) is 44.4. The van der Waals surface area contributed by atoms with Crippen LogP contribution in [0.15, 0.2) is 36.5 Å². The van der Waals surface area contributed by atoms with Crippen molar-refractivity contribution in [3.05, 3.63) is 36.5 Å². The molecule has 0 aliphatic rings. The number of carbonyl (C=O) groups excluding carboxylic acids is 3. The van der Waals surface area contributed by atoms with Gasteiger partial charge in [0.2, 0.25) is 0 Å². The van der Waals surface area contributed by atoms with E-state index in [1.54, 1.807) is 0 Å². The fraction of sp³-hybridized carbons (Fsp3) is 0.836. The number of hydrogen-bond acceptors (Lipinski definition) is 6. The Hall–Kier alpha value is -2.37. The molecule has 0 aliphatic carbocycles. The molecule has 0 aromatic rings. The summed E-state index contributed by atoms with van der Waals surface area (Å²) in [6.45, 7) is 6.59. The van der Waals surface area contributed by atoms with E-state index in [4.69, 9.17) is 14.2 Å². The molecule has 0 N–H and O–H groups in total. The second-order valence-electron chi connectivity index (χ2n) is 17.8. The first kappa shape index (κ1) is 58.6. The Morgan fingerprint density at radius 1 is 0.311 bits per heavy atom. The monoisotopic (exact) mass is 857 g/mol. The molecule has 6 heteroatoms. The number of ether oxygens (including phenoxy) is 3. The highest BCUT2D eigenvalue weighted by atomic mass is 16.6. The third-order valence-corrected chi connectivity index (χ3v) is 11.6. The molecule has 356 valence electrons. The Labute approximate surface area is 378 Å². The quantitative estimate of drug-likeness (QED) is 0.0262. The summed E-state index contributed by atoms with van der Waals surface area (Å²) >= 11 is 0. The van der Waals surface area contributed by atoms with Crippen LogP contribution in [0.25, 0.3) is 0 Å². The highest BCUT2D eigenvalue weighted by molar-refractivity contribution is 5.71. The third-order valence-electron chi connectivity index (χ3n) is 11.6. The zero-order valence-corrected chi connectivity index (χ0v) is 40.7. The maximum atomic E-state index is 12.8. The Kier molecular flexibility index (Phi) is 48.3. The van der Waals surface area contributed by atoms with Crippen LogP contribution in [-0.4, -0.2) is 37.2 Å². The number of unbranched alkanes of at least 4 members (excludes halogenated alkanes) is 31. The summed E-state index contributed by atoms with van der Waals surface area (Å²) < 4.78 is 16.8. The van der Waals surface area contributed by atoms with Crippen LogP contribution in [0.5, 0.6) is 0 Å². The summed E-state index contributed by atoms with van der Waals surface area (Å²) in [5.74, 6) is -0.893. The van der Waals surface area contributed by atoms with Gasteiger partial charge in [0.25, 0.3) is 0 Å². The lowest BCUT2D eigenvalue weighted by Crippen LogP contribution is -2.30. The van der Waals surface area contributed by atoms with Gasteiger partial charge in [-0.05, 0) is 96.3 Å². The summed E-state index contributed by atoms with van der Waals surface area (Å²) in [5.41, 5.74) is 0. The summed E-state index contributed by atoms with van der Waals surface area (Å²) in [6.07, 6.45) is 58.4. The van der Waals surface area contributed by atoms with Gasteiger partial charge in [-0.25, -0.2) is 0 Å². The summed E-state index contributed by atoms with van der Waals surface area (Å²) in [4.78, 5) is 37.9. The summed E-state index contributed by atoms with van der Waals surface area (Å²) in [6, 6.07) is 0. The van der Waals surface area contributed by atoms with Gasteiger partial charge < -0.3 is 14.2 Å². The van der Waals surface area contributed by atoms with Crippen LogP contribution in [0, 0.1) is 0 Å². The van der Waals surface area contributed by atoms with Crippen molar-refractivity contribution < 1.29 is 28.6 Å². The fourth-order valence-electron chi connectivity index (χ4n) is 7.54. The van der Waals surface area contributed by atoms with Crippen LogP contribution in [0.4, 0.5) is 0 Å². The standard InChI is InChI=1S/C55H100O6/c1-4-7-10-13-16-19-22-25-26-27-28-29-30-31-34-36-39-42-45-48-54(57)60-51-52(61-55(58)49-46-43-40-37-33-24-21-18-15-12-9-6-3)50-59-53(56)47-44-41-38-35-32-23-20-17-14-11-8-5-2/h17-18,20-21,27-28,52H,4-16,19,22-26,29-51H2,1-3H3/b20-17-,21-18-,28-27-/t52-/m1/s1. The normalized spacial score (nSPS) is 12.2. The first-order valence-electron chi connectivity index (χ1n) is 26.5. The SMILES string of the molecule is CCCCC/C=C\CCCCCCCC(=O)OC[C@H](COC(=O)CCCCCCCCC/C=C\CCCCCCCCCC)OC(=O)CCCCCCC/C=C\CCCCC. The van der Waals surface area contributed by atoms with E-state index in [2.05, 4.69) is 57.2 Å². The lowest BCUT2D eigenvalue weighted by Gasteiger charge is -2.18. The second kappa shape index (κ2) is 50.3. The number of carbonyl (C=O) groups is 3. The molecule has 0 heterocycles. The van der Waals surface area contributed by atoms with Gasteiger partial charge in [0.1, 0.15) is 13.2 Å². The van der Waals surface area contributed by atoms with Gasteiger partial charge in [0.15, 0.2) is 6.10 Å². The van der Waals surface area contributed by atoms with Crippen molar-refractivity contribution in [2.75, 3.05) is 13.2 Å². The molecule has 0 saturated heterocycles. The molecule has 1 atom stereocenters. The average molecular weight is 857 g/mol. The Balaban J connectivity index is 4.32. The average Bonchev–Trinajstić information content (AvgIpc) is 3.26. The van der Waals surface area contributed by atoms with Crippen molar-refractivity contribution in [2.45, 2.75) is 284 Å². The van der Waals surface area contributed by atoms with Crippen molar-refractivity contribution in [2.24, 2.45) is 0 Å². The molecule has 0 amide bonds. The largest absolute Gasteiger partial charge is 0.462 e. The maximum absolute atomic E-state index is 12.8. The molecule has 61 heavy (non-hydrogen) atoms. The molecular weight excluding hydrogens is 757 g/mol. The predicted octanol–water partition coefficient (Wildman–Crippen LogP) is 17.3. The Bertz CT molecular complexity index is 1030. The van der Waals surface area contributed by atoms with Gasteiger partial charge in [0.05, 0.1) is 0 Å². The minimum atomic E-state index is -0.778. The van der Waals surface area contributed by atoms with Gasteiger partial charge in [-0.3, -0.25) is 14.4 Å². The molecule has 0 unspecified atom stereocenters. The van der Waals surface area contributed by atoms with E-state index >= 15 is 0 Å². The maximum Gasteiger partial charge on any atom is 0.306 e. The molecule has 0 aromatic heterocycles. The first-order chi connectivity index (χ1) is 30.0. The number of esters is 3. The first-order valence-corrected chi connectivity index (χ1v) is 26.5. The fourth-order valence-corrected chi connectivity index (χ4v) is 7.54. The van der Waals surface area contributed by atoms with Crippen LogP contribution in [0.3, 0.4) is 0 Å². The van der Waals surface area contributed by atoms with E-state index < -0.39 is 6.10 Å². The van der Waals surface area contributed by atoms with E-state index in [1.807, 2.05) is 0 Å². The molecule has 0 spiro atoms. The van der Waals surface area contributed by atoms with E-state index in [0.29, 0.717) is 19.3 Å². The zero-order valence-electron chi connectivity index (χ0n) is 40.7. The van der Waals surface area contributed by atoms with Crippen LogP contribution in [0.1, 0.15) is 278 Å². The highest BCUT2D eigenvalue weighted by Crippen LogP contribution is 2.15.